The van der Waals surface area contributed by atoms with Gasteiger partial charge in [-0.3, -0.25) is 9.69 Å². The fourth-order valence-corrected chi connectivity index (χ4v) is 6.51. The molecule has 2 fully saturated rings. The molecule has 0 unspecified atom stereocenters. The number of nitrogens with zero attached hydrogens (tertiary/aromatic N) is 1. The lowest BCUT2D eigenvalue weighted by atomic mass is 9.94. The Bertz CT molecular complexity index is 807. The van der Waals surface area contributed by atoms with Gasteiger partial charge < -0.3 is 5.32 Å². The number of thioether (sulfide) groups is 1. The van der Waals surface area contributed by atoms with Crippen LogP contribution in [0.1, 0.15) is 40.9 Å². The van der Waals surface area contributed by atoms with Crippen molar-refractivity contribution in [1.29, 1.82) is 0 Å². The van der Waals surface area contributed by atoms with E-state index in [2.05, 4.69) is 10.2 Å². The molecule has 2 aliphatic rings. The lowest BCUT2D eigenvalue weighted by Gasteiger charge is -2.43. The summed E-state index contributed by atoms with van der Waals surface area (Å²) in [6.07, 6.45) is 4.81. The zero-order chi connectivity index (χ0) is 18.1. The molecule has 1 aliphatic carbocycles. The summed E-state index contributed by atoms with van der Waals surface area (Å²) in [6.45, 7) is 4.79. The fraction of sp³-hybridized carbons (Fsp3) is 0.550. The molecule has 1 aromatic heterocycles. The third-order valence-corrected chi connectivity index (χ3v) is 8.10. The molecule has 1 aliphatic heterocycles. The highest BCUT2D eigenvalue weighted by Crippen LogP contribution is 2.37. The van der Waals surface area contributed by atoms with Crippen molar-refractivity contribution in [3.05, 3.63) is 34.5 Å². The van der Waals surface area contributed by atoms with Crippen LogP contribution in [0, 0.1) is 12.7 Å². The highest BCUT2D eigenvalue weighted by atomic mass is 32.2. The van der Waals surface area contributed by atoms with Crippen molar-refractivity contribution in [2.75, 3.05) is 31.1 Å². The molecule has 26 heavy (non-hydrogen) atoms. The molecule has 1 N–H and O–H groups in total. The fourth-order valence-electron chi connectivity index (χ4n) is 4.47. The molecule has 1 saturated carbocycles. The van der Waals surface area contributed by atoms with Crippen LogP contribution in [0.4, 0.5) is 4.39 Å². The van der Waals surface area contributed by atoms with Crippen LogP contribution < -0.4 is 5.32 Å². The summed E-state index contributed by atoms with van der Waals surface area (Å²) >= 11 is 3.41. The normalized spacial score (nSPS) is 20.5. The third kappa shape index (κ3) is 3.27. The molecular formula is C20H25FN2OS2. The average molecular weight is 393 g/mol. The summed E-state index contributed by atoms with van der Waals surface area (Å²) < 4.78 is 15.0. The van der Waals surface area contributed by atoms with Crippen LogP contribution in [0.2, 0.25) is 0 Å². The standard InChI is InChI=1S/C20H25FN2OS2/c1-14-17-15(21)5-4-6-16(17)26-18(14)19(24)22-13-20(7-2-3-8-20)23-9-11-25-12-10-23/h4-6H,2-3,7-13H2,1H3,(H,22,24). The number of aryl methyl sites for hydroxylation is 1. The number of thiophene rings is 1. The van der Waals surface area contributed by atoms with Crippen molar-refractivity contribution in [1.82, 2.24) is 10.2 Å². The van der Waals surface area contributed by atoms with Gasteiger partial charge in [-0.2, -0.15) is 11.8 Å². The van der Waals surface area contributed by atoms with Gasteiger partial charge in [-0.05, 0) is 37.5 Å². The summed E-state index contributed by atoms with van der Waals surface area (Å²) in [5.74, 6) is 2.07. The number of carbonyl (C=O) groups is 1. The van der Waals surface area contributed by atoms with E-state index >= 15 is 0 Å². The van der Waals surface area contributed by atoms with Crippen LogP contribution in [0.5, 0.6) is 0 Å². The van der Waals surface area contributed by atoms with Crippen LogP contribution >= 0.6 is 23.1 Å². The van der Waals surface area contributed by atoms with Gasteiger partial charge in [0, 0.05) is 46.8 Å². The molecule has 1 aromatic carbocycles. The van der Waals surface area contributed by atoms with Crippen LogP contribution in [-0.4, -0.2) is 47.5 Å². The number of nitrogens with one attached hydrogen (secondary N) is 1. The molecule has 0 bridgehead atoms. The van der Waals surface area contributed by atoms with Crippen molar-refractivity contribution < 1.29 is 9.18 Å². The summed E-state index contributed by atoms with van der Waals surface area (Å²) in [6, 6.07) is 5.06. The molecule has 2 aromatic rings. The lowest BCUT2D eigenvalue weighted by molar-refractivity contribution is 0.0820. The number of rotatable bonds is 4. The van der Waals surface area contributed by atoms with E-state index in [1.165, 1.54) is 41.8 Å². The topological polar surface area (TPSA) is 32.3 Å². The summed E-state index contributed by atoms with van der Waals surface area (Å²) in [7, 11) is 0. The van der Waals surface area contributed by atoms with Crippen LogP contribution in [0.3, 0.4) is 0 Å². The number of carbonyl (C=O) groups excluding carboxylic acids is 1. The Hall–Kier alpha value is -1.11. The lowest BCUT2D eigenvalue weighted by Crippen LogP contribution is -2.56. The maximum Gasteiger partial charge on any atom is 0.261 e. The van der Waals surface area contributed by atoms with Crippen molar-refractivity contribution in [2.45, 2.75) is 38.1 Å². The van der Waals surface area contributed by atoms with Crippen molar-refractivity contribution in [2.24, 2.45) is 0 Å². The first kappa shape index (κ1) is 18.3. The molecular weight excluding hydrogens is 367 g/mol. The predicted octanol–water partition coefficient (Wildman–Crippen LogP) is 4.44. The first-order chi connectivity index (χ1) is 12.6. The monoisotopic (exact) mass is 392 g/mol. The number of hydrogen-bond donors (Lipinski definition) is 1. The molecule has 4 rings (SSSR count). The van der Waals surface area contributed by atoms with E-state index in [1.807, 2.05) is 24.8 Å². The summed E-state index contributed by atoms with van der Waals surface area (Å²) in [5.41, 5.74) is 0.877. The molecule has 2 heterocycles. The smallest absolute Gasteiger partial charge is 0.261 e. The number of fused-ring (bicyclic) bond motifs is 1. The Morgan fingerprint density at radius 3 is 2.69 bits per heavy atom. The van der Waals surface area contributed by atoms with Gasteiger partial charge in [0.05, 0.1) is 4.88 Å². The molecule has 140 valence electrons. The Kier molecular flexibility index (Phi) is 5.26. The third-order valence-electron chi connectivity index (χ3n) is 5.90. The van der Waals surface area contributed by atoms with E-state index in [1.54, 1.807) is 6.07 Å². The largest absolute Gasteiger partial charge is 0.349 e. The molecule has 0 atom stereocenters. The second kappa shape index (κ2) is 7.49. The predicted molar refractivity (Wildman–Crippen MR) is 109 cm³/mol. The Labute approximate surface area is 162 Å². The maximum absolute atomic E-state index is 14.1. The molecule has 3 nitrogen and oxygen atoms in total. The molecule has 1 amide bonds. The van der Waals surface area contributed by atoms with Gasteiger partial charge in [-0.15, -0.1) is 11.3 Å². The Morgan fingerprint density at radius 1 is 1.27 bits per heavy atom. The highest BCUT2D eigenvalue weighted by molar-refractivity contribution is 7.99. The van der Waals surface area contributed by atoms with Gasteiger partial charge in [0.15, 0.2) is 0 Å². The van der Waals surface area contributed by atoms with Crippen LogP contribution in [-0.2, 0) is 0 Å². The van der Waals surface area contributed by atoms with Gasteiger partial charge in [0.25, 0.3) is 5.91 Å². The van der Waals surface area contributed by atoms with Gasteiger partial charge in [-0.25, -0.2) is 4.39 Å². The van der Waals surface area contributed by atoms with E-state index in [0.29, 0.717) is 16.8 Å². The van der Waals surface area contributed by atoms with Gasteiger partial charge in [0.2, 0.25) is 0 Å². The Morgan fingerprint density at radius 2 is 2.00 bits per heavy atom. The highest BCUT2D eigenvalue weighted by Gasteiger charge is 2.40. The molecule has 0 radical (unpaired) electrons. The number of amides is 1. The number of benzene rings is 1. The van der Waals surface area contributed by atoms with E-state index in [0.717, 1.165) is 36.2 Å². The zero-order valence-corrected chi connectivity index (χ0v) is 16.8. The van der Waals surface area contributed by atoms with E-state index < -0.39 is 0 Å². The summed E-state index contributed by atoms with van der Waals surface area (Å²) in [5, 5.41) is 3.79. The molecule has 6 heteroatoms. The quantitative estimate of drug-likeness (QED) is 0.835. The maximum atomic E-state index is 14.1. The second-order valence-electron chi connectivity index (χ2n) is 7.38. The van der Waals surface area contributed by atoms with Crippen molar-refractivity contribution >= 4 is 39.1 Å². The first-order valence-electron chi connectivity index (χ1n) is 9.39. The van der Waals surface area contributed by atoms with Gasteiger partial charge >= 0.3 is 0 Å². The van der Waals surface area contributed by atoms with E-state index in [4.69, 9.17) is 0 Å². The van der Waals surface area contributed by atoms with E-state index in [-0.39, 0.29) is 17.3 Å². The van der Waals surface area contributed by atoms with Crippen molar-refractivity contribution in [3.8, 4) is 0 Å². The minimum Gasteiger partial charge on any atom is -0.349 e. The SMILES string of the molecule is Cc1c(C(=O)NCC2(N3CCSCC3)CCCC2)sc2cccc(F)c12. The number of halogens is 1. The van der Waals surface area contributed by atoms with Crippen LogP contribution in [0.15, 0.2) is 18.2 Å². The zero-order valence-electron chi connectivity index (χ0n) is 15.1. The second-order valence-corrected chi connectivity index (χ2v) is 9.66. The van der Waals surface area contributed by atoms with E-state index in [9.17, 15) is 9.18 Å². The first-order valence-corrected chi connectivity index (χ1v) is 11.4. The van der Waals surface area contributed by atoms with Crippen LogP contribution in [0.25, 0.3) is 10.1 Å². The minimum atomic E-state index is -0.242. The summed E-state index contributed by atoms with van der Waals surface area (Å²) in [4.78, 5) is 16.1. The van der Waals surface area contributed by atoms with Gasteiger partial charge in [-0.1, -0.05) is 18.9 Å². The van der Waals surface area contributed by atoms with Crippen molar-refractivity contribution in [3.63, 3.8) is 0 Å². The van der Waals surface area contributed by atoms with Gasteiger partial charge in [0.1, 0.15) is 5.82 Å². The number of hydrogen-bond acceptors (Lipinski definition) is 4. The molecule has 1 saturated heterocycles. The average Bonchev–Trinajstić information content (AvgIpc) is 3.27. The molecule has 0 spiro atoms. The minimum absolute atomic E-state index is 0.0549. The Balaban J connectivity index is 1.52.